The molecular weight excluding hydrogens is 274 g/mol. The molecule has 0 spiro atoms. The fourth-order valence-electron chi connectivity index (χ4n) is 2.35. The molecule has 102 valence electrons. The molecule has 0 saturated carbocycles. The molecule has 0 aliphatic heterocycles. The molecule has 0 fully saturated rings. The lowest BCUT2D eigenvalue weighted by molar-refractivity contribution is 0.591. The average Bonchev–Trinajstić information content (AvgIpc) is 2.90. The molecule has 0 saturated heterocycles. The summed E-state index contributed by atoms with van der Waals surface area (Å²) in [5, 5.41) is 0. The van der Waals surface area contributed by atoms with Crippen LogP contribution in [0.2, 0.25) is 0 Å². The van der Waals surface area contributed by atoms with Crippen molar-refractivity contribution in [1.29, 1.82) is 0 Å². The monoisotopic (exact) mass is 282 g/mol. The summed E-state index contributed by atoms with van der Waals surface area (Å²) in [5.74, 6) is -0.910. The third-order valence-electron chi connectivity index (χ3n) is 3.26. The van der Waals surface area contributed by atoms with Gasteiger partial charge in [0, 0.05) is 24.0 Å². The number of para-hydroxylation sites is 1. The van der Waals surface area contributed by atoms with Crippen molar-refractivity contribution in [3.05, 3.63) is 54.4 Å². The van der Waals surface area contributed by atoms with Gasteiger partial charge in [-0.3, -0.25) is 9.97 Å². The second-order valence-corrected chi connectivity index (χ2v) is 4.60. The van der Waals surface area contributed by atoms with Crippen molar-refractivity contribution >= 4 is 22.1 Å². The number of H-pyrrole nitrogens is 1. The van der Waals surface area contributed by atoms with Crippen LogP contribution in [0.1, 0.15) is 0 Å². The van der Waals surface area contributed by atoms with E-state index < -0.39 is 11.6 Å². The second-order valence-electron chi connectivity index (χ2n) is 4.60. The van der Waals surface area contributed by atoms with E-state index in [0.29, 0.717) is 27.9 Å². The number of nitrogens with zero attached hydrogens (tertiary/aromatic N) is 3. The third-order valence-corrected chi connectivity index (χ3v) is 3.26. The Hall–Kier alpha value is -2.89. The Morgan fingerprint density at radius 2 is 1.81 bits per heavy atom. The third kappa shape index (κ3) is 1.84. The number of hydrogen-bond acceptors (Lipinski definition) is 3. The van der Waals surface area contributed by atoms with Gasteiger partial charge in [-0.15, -0.1) is 0 Å². The minimum atomic E-state index is -0.696. The molecule has 21 heavy (non-hydrogen) atoms. The Morgan fingerprint density at radius 3 is 2.71 bits per heavy atom. The van der Waals surface area contributed by atoms with Crippen LogP contribution >= 0.6 is 0 Å². The van der Waals surface area contributed by atoms with Crippen LogP contribution in [-0.2, 0) is 0 Å². The van der Waals surface area contributed by atoms with E-state index in [1.165, 1.54) is 6.07 Å². The number of imidazole rings is 1. The Labute approximate surface area is 117 Å². The highest BCUT2D eigenvalue weighted by Gasteiger charge is 2.13. The van der Waals surface area contributed by atoms with Crippen molar-refractivity contribution in [2.45, 2.75) is 0 Å². The Kier molecular flexibility index (Phi) is 2.44. The van der Waals surface area contributed by atoms with E-state index in [4.69, 9.17) is 0 Å². The number of nitrogens with one attached hydrogen (secondary N) is 1. The molecule has 0 aliphatic carbocycles. The van der Waals surface area contributed by atoms with Crippen molar-refractivity contribution in [3.8, 4) is 11.4 Å². The number of aromatic amines is 1. The predicted octanol–water partition coefficient (Wildman–Crippen LogP) is 3.45. The number of fused-ring (bicyclic) bond motifs is 2. The number of benzene rings is 2. The van der Waals surface area contributed by atoms with Gasteiger partial charge in [0.15, 0.2) is 5.82 Å². The summed E-state index contributed by atoms with van der Waals surface area (Å²) in [6.07, 6.45) is 3.18. The summed E-state index contributed by atoms with van der Waals surface area (Å²) in [6.45, 7) is 0. The topological polar surface area (TPSA) is 54.5 Å². The van der Waals surface area contributed by atoms with Crippen LogP contribution in [0.5, 0.6) is 0 Å². The summed E-state index contributed by atoms with van der Waals surface area (Å²) < 4.78 is 27.0. The highest BCUT2D eigenvalue weighted by atomic mass is 19.1. The molecular formula is C15H8F2N4. The van der Waals surface area contributed by atoms with Crippen LogP contribution in [0.4, 0.5) is 8.78 Å². The molecule has 0 atom stereocenters. The lowest BCUT2D eigenvalue weighted by Crippen LogP contribution is -1.88. The zero-order valence-corrected chi connectivity index (χ0v) is 10.6. The number of rotatable bonds is 1. The highest BCUT2D eigenvalue weighted by Crippen LogP contribution is 2.27. The maximum atomic E-state index is 13.7. The van der Waals surface area contributed by atoms with Gasteiger partial charge in [0.1, 0.15) is 17.2 Å². The van der Waals surface area contributed by atoms with Gasteiger partial charge < -0.3 is 4.98 Å². The molecule has 4 nitrogen and oxygen atoms in total. The number of halogens is 2. The normalized spacial score (nSPS) is 11.3. The lowest BCUT2D eigenvalue weighted by atomic mass is 10.1. The summed E-state index contributed by atoms with van der Waals surface area (Å²) in [4.78, 5) is 15.6. The van der Waals surface area contributed by atoms with E-state index in [2.05, 4.69) is 19.9 Å². The molecule has 0 radical (unpaired) electrons. The van der Waals surface area contributed by atoms with Crippen molar-refractivity contribution in [3.63, 3.8) is 0 Å². The van der Waals surface area contributed by atoms with Gasteiger partial charge >= 0.3 is 0 Å². The minimum absolute atomic E-state index is 0.104. The summed E-state index contributed by atoms with van der Waals surface area (Å²) in [6, 6.07) is 7.48. The first kappa shape index (κ1) is 11.9. The summed E-state index contributed by atoms with van der Waals surface area (Å²) in [5.41, 5.74) is 2.47. The van der Waals surface area contributed by atoms with Crippen LogP contribution in [0.3, 0.4) is 0 Å². The minimum Gasteiger partial charge on any atom is -0.338 e. The van der Waals surface area contributed by atoms with Crippen LogP contribution in [0.25, 0.3) is 33.5 Å². The Morgan fingerprint density at radius 1 is 0.952 bits per heavy atom. The summed E-state index contributed by atoms with van der Waals surface area (Å²) >= 11 is 0. The first-order valence-corrected chi connectivity index (χ1v) is 6.27. The van der Waals surface area contributed by atoms with E-state index >= 15 is 0 Å². The molecule has 0 aliphatic rings. The highest BCUT2D eigenvalue weighted by molar-refractivity contribution is 5.91. The molecule has 4 aromatic rings. The smallest absolute Gasteiger partial charge is 0.153 e. The van der Waals surface area contributed by atoms with Gasteiger partial charge in [-0.1, -0.05) is 6.07 Å². The van der Waals surface area contributed by atoms with Crippen molar-refractivity contribution in [2.24, 2.45) is 0 Å². The molecule has 0 amide bonds. The van der Waals surface area contributed by atoms with Gasteiger partial charge in [-0.05, 0) is 18.2 Å². The molecule has 2 aromatic heterocycles. The molecule has 4 rings (SSSR count). The van der Waals surface area contributed by atoms with Crippen LogP contribution in [-0.4, -0.2) is 19.9 Å². The maximum absolute atomic E-state index is 13.7. The molecule has 6 heteroatoms. The van der Waals surface area contributed by atoms with Crippen molar-refractivity contribution in [1.82, 2.24) is 19.9 Å². The van der Waals surface area contributed by atoms with E-state index in [9.17, 15) is 8.78 Å². The Balaban J connectivity index is 2.03. The van der Waals surface area contributed by atoms with Crippen molar-refractivity contribution < 1.29 is 8.78 Å². The Bertz CT molecular complexity index is 973. The van der Waals surface area contributed by atoms with Gasteiger partial charge in [0.05, 0.1) is 16.6 Å². The summed E-state index contributed by atoms with van der Waals surface area (Å²) in [7, 11) is 0. The van der Waals surface area contributed by atoms with E-state index in [-0.39, 0.29) is 5.52 Å². The largest absolute Gasteiger partial charge is 0.338 e. The zero-order chi connectivity index (χ0) is 14.4. The van der Waals surface area contributed by atoms with Gasteiger partial charge in [0.25, 0.3) is 0 Å². The lowest BCUT2D eigenvalue weighted by Gasteiger charge is -2.01. The fraction of sp³-hybridized carbons (Fsp3) is 0. The van der Waals surface area contributed by atoms with E-state index in [1.807, 2.05) is 18.2 Å². The molecule has 0 unspecified atom stereocenters. The fourth-order valence-corrected chi connectivity index (χ4v) is 2.35. The van der Waals surface area contributed by atoms with E-state index in [0.717, 1.165) is 6.07 Å². The first-order valence-electron chi connectivity index (χ1n) is 6.27. The standard InChI is InChI=1S/C15H8F2N4/c16-8-6-10(17)14-12(7-8)20-15(21-14)9-2-1-3-11-13(9)19-5-4-18-11/h1-7H,(H,20,21). The van der Waals surface area contributed by atoms with Crippen LogP contribution in [0.15, 0.2) is 42.7 Å². The van der Waals surface area contributed by atoms with Crippen molar-refractivity contribution in [2.75, 3.05) is 0 Å². The van der Waals surface area contributed by atoms with Crippen LogP contribution in [0, 0.1) is 11.6 Å². The SMILES string of the molecule is Fc1cc(F)c2nc(-c3cccc4nccnc34)[nH]c2c1. The van der Waals surface area contributed by atoms with Gasteiger partial charge in [-0.25, -0.2) is 13.8 Å². The first-order chi connectivity index (χ1) is 10.2. The zero-order valence-electron chi connectivity index (χ0n) is 10.6. The van der Waals surface area contributed by atoms with Gasteiger partial charge in [0.2, 0.25) is 0 Å². The average molecular weight is 282 g/mol. The molecule has 2 aromatic carbocycles. The molecule has 2 heterocycles. The maximum Gasteiger partial charge on any atom is 0.153 e. The molecule has 1 N–H and O–H groups in total. The van der Waals surface area contributed by atoms with Crippen LogP contribution < -0.4 is 0 Å². The number of hydrogen-bond donors (Lipinski definition) is 1. The molecule has 0 bridgehead atoms. The second kappa shape index (κ2) is 4.31. The number of aromatic nitrogens is 4. The van der Waals surface area contributed by atoms with E-state index in [1.54, 1.807) is 12.4 Å². The predicted molar refractivity (Wildman–Crippen MR) is 74.5 cm³/mol. The van der Waals surface area contributed by atoms with Gasteiger partial charge in [-0.2, -0.15) is 0 Å². The quantitative estimate of drug-likeness (QED) is 0.581.